The molecule has 0 aliphatic rings. The molecule has 0 atom stereocenters. The lowest BCUT2D eigenvalue weighted by atomic mass is 9.96. The molecule has 0 N–H and O–H groups in total. The molecule has 4 rings (SSSR count). The van der Waals surface area contributed by atoms with E-state index in [1.54, 1.807) is 12.1 Å². The summed E-state index contributed by atoms with van der Waals surface area (Å²) in [6, 6.07) is 7.35. The molecular weight excluding hydrogens is 470 g/mol. The fraction of sp³-hybridized carbons (Fsp3) is 0.167. The van der Waals surface area contributed by atoms with Crippen LogP contribution >= 0.6 is 0 Å². The zero-order valence-electron chi connectivity index (χ0n) is 18.3. The second kappa shape index (κ2) is 8.68. The zero-order valence-corrected chi connectivity index (χ0v) is 19.1. The smallest absolute Gasteiger partial charge is 0.212 e. The van der Waals surface area contributed by atoms with E-state index in [1.165, 1.54) is 44.2 Å². The molecule has 0 unspecified atom stereocenters. The number of halogens is 4. The highest BCUT2D eigenvalue weighted by molar-refractivity contribution is 7.91. The summed E-state index contributed by atoms with van der Waals surface area (Å²) >= 11 is 0. The lowest BCUT2D eigenvalue weighted by Gasteiger charge is -2.17. The first-order valence-electron chi connectivity index (χ1n) is 10.1. The van der Waals surface area contributed by atoms with Crippen molar-refractivity contribution in [3.63, 3.8) is 0 Å². The van der Waals surface area contributed by atoms with E-state index >= 15 is 8.78 Å². The van der Waals surface area contributed by atoms with Crippen LogP contribution in [0.3, 0.4) is 0 Å². The van der Waals surface area contributed by atoms with Gasteiger partial charge in [0.1, 0.15) is 32.9 Å². The molecule has 34 heavy (non-hydrogen) atoms. The SMILES string of the molecule is CC(C)c1[c]c(F)c(-c2nn(C)cc2-c2ccncc2)c(F)c1S(=O)(=O)c1cc(F)ccc1F. The maximum atomic E-state index is 16.0. The van der Waals surface area contributed by atoms with Gasteiger partial charge >= 0.3 is 0 Å². The summed E-state index contributed by atoms with van der Waals surface area (Å²) in [7, 11) is -3.41. The molecule has 4 aromatic rings. The first kappa shape index (κ1) is 23.6. The Morgan fingerprint density at radius 2 is 1.71 bits per heavy atom. The number of rotatable bonds is 5. The van der Waals surface area contributed by atoms with E-state index in [4.69, 9.17) is 0 Å². The van der Waals surface area contributed by atoms with Crippen LogP contribution in [0.1, 0.15) is 25.3 Å². The standard InChI is InChI=1S/C24H18F4N3O2S/c1-13(2)16-11-19(27)21(23-17(12-31(3)30-23)14-6-8-29-9-7-14)22(28)24(16)34(32,33)20-10-15(25)4-5-18(20)26/h4-10,12-13H,1-3H3. The van der Waals surface area contributed by atoms with Gasteiger partial charge in [0, 0.05) is 37.3 Å². The van der Waals surface area contributed by atoms with Gasteiger partial charge in [-0.2, -0.15) is 5.10 Å². The van der Waals surface area contributed by atoms with Gasteiger partial charge in [-0.15, -0.1) is 0 Å². The van der Waals surface area contributed by atoms with E-state index < -0.39 is 54.4 Å². The van der Waals surface area contributed by atoms with Crippen LogP contribution in [0, 0.1) is 29.3 Å². The van der Waals surface area contributed by atoms with Crippen LogP contribution in [0.4, 0.5) is 17.6 Å². The van der Waals surface area contributed by atoms with E-state index in [0.29, 0.717) is 23.3 Å². The summed E-state index contributed by atoms with van der Waals surface area (Å²) in [6.07, 6.45) is 4.48. The minimum Gasteiger partial charge on any atom is -0.275 e. The summed E-state index contributed by atoms with van der Waals surface area (Å²) in [4.78, 5) is 1.88. The third kappa shape index (κ3) is 3.98. The van der Waals surface area contributed by atoms with E-state index in [1.807, 2.05) is 0 Å². The van der Waals surface area contributed by atoms with Gasteiger partial charge in [-0.1, -0.05) is 13.8 Å². The van der Waals surface area contributed by atoms with Crippen LogP contribution in [-0.4, -0.2) is 23.2 Å². The van der Waals surface area contributed by atoms with Crippen molar-refractivity contribution in [1.82, 2.24) is 14.8 Å². The van der Waals surface area contributed by atoms with Gasteiger partial charge in [0.05, 0.1) is 5.56 Å². The summed E-state index contributed by atoms with van der Waals surface area (Å²) in [5.74, 6) is -5.62. The number of pyridine rings is 1. The van der Waals surface area contributed by atoms with Crippen molar-refractivity contribution in [3.8, 4) is 22.4 Å². The molecule has 5 nitrogen and oxygen atoms in total. The average molecular weight is 488 g/mol. The van der Waals surface area contributed by atoms with Crippen LogP contribution in [0.25, 0.3) is 22.4 Å². The Morgan fingerprint density at radius 1 is 1.03 bits per heavy atom. The van der Waals surface area contributed by atoms with Crippen LogP contribution in [0.2, 0.25) is 0 Å². The van der Waals surface area contributed by atoms with Gasteiger partial charge in [-0.25, -0.2) is 26.0 Å². The molecule has 1 radical (unpaired) electrons. The maximum absolute atomic E-state index is 16.0. The number of nitrogens with zero attached hydrogens (tertiary/aromatic N) is 3. The second-order valence-electron chi connectivity index (χ2n) is 7.90. The summed E-state index contributed by atoms with van der Waals surface area (Å²) in [5.41, 5.74) is -0.401. The molecule has 2 aromatic heterocycles. The molecule has 10 heteroatoms. The molecule has 0 amide bonds. The number of benzene rings is 2. The predicted octanol–water partition coefficient (Wildman–Crippen LogP) is 5.46. The lowest BCUT2D eigenvalue weighted by Crippen LogP contribution is -2.14. The van der Waals surface area contributed by atoms with E-state index in [9.17, 15) is 17.2 Å². The second-order valence-corrected chi connectivity index (χ2v) is 9.76. The fourth-order valence-electron chi connectivity index (χ4n) is 3.65. The Kier molecular flexibility index (Phi) is 6.03. The largest absolute Gasteiger partial charge is 0.275 e. The van der Waals surface area contributed by atoms with Crippen LogP contribution in [0.15, 0.2) is 58.7 Å². The van der Waals surface area contributed by atoms with Crippen molar-refractivity contribution < 1.29 is 26.0 Å². The number of hydrogen-bond acceptors (Lipinski definition) is 4. The van der Waals surface area contributed by atoms with Gasteiger partial charge in [0.2, 0.25) is 9.84 Å². The summed E-state index contributed by atoms with van der Waals surface area (Å²) in [5, 5.41) is 4.15. The molecule has 0 fully saturated rings. The third-order valence-electron chi connectivity index (χ3n) is 5.21. The van der Waals surface area contributed by atoms with Gasteiger partial charge in [-0.3, -0.25) is 9.67 Å². The Bertz CT molecular complexity index is 1500. The first-order chi connectivity index (χ1) is 16.0. The molecule has 0 saturated heterocycles. The van der Waals surface area contributed by atoms with Crippen molar-refractivity contribution in [3.05, 3.63) is 83.8 Å². The van der Waals surface area contributed by atoms with Crippen molar-refractivity contribution in [2.24, 2.45) is 7.05 Å². The monoisotopic (exact) mass is 488 g/mol. The van der Waals surface area contributed by atoms with Gasteiger partial charge in [0.25, 0.3) is 0 Å². The minimum absolute atomic E-state index is 0.175. The van der Waals surface area contributed by atoms with Crippen molar-refractivity contribution in [1.29, 1.82) is 0 Å². The zero-order chi connectivity index (χ0) is 24.8. The molecule has 175 valence electrons. The van der Waals surface area contributed by atoms with Crippen molar-refractivity contribution >= 4 is 9.84 Å². The summed E-state index contributed by atoms with van der Waals surface area (Å²) in [6.45, 7) is 3.02. The van der Waals surface area contributed by atoms with E-state index in [0.717, 1.165) is 6.07 Å². The molecule has 2 heterocycles. The van der Waals surface area contributed by atoms with Gasteiger partial charge in [0.15, 0.2) is 5.82 Å². The molecular formula is C24H18F4N3O2S. The highest BCUT2D eigenvalue weighted by atomic mass is 32.2. The Balaban J connectivity index is 2.07. The highest BCUT2D eigenvalue weighted by Gasteiger charge is 2.34. The van der Waals surface area contributed by atoms with Crippen molar-refractivity contribution in [2.45, 2.75) is 29.6 Å². The molecule has 0 aliphatic heterocycles. The molecule has 0 aliphatic carbocycles. The number of aromatic nitrogens is 3. The minimum atomic E-state index is -4.95. The van der Waals surface area contributed by atoms with Crippen LogP contribution in [0.5, 0.6) is 0 Å². The molecule has 0 saturated carbocycles. The average Bonchev–Trinajstić information content (AvgIpc) is 3.16. The number of aryl methyl sites for hydroxylation is 1. The normalized spacial score (nSPS) is 11.9. The van der Waals surface area contributed by atoms with Gasteiger partial charge < -0.3 is 0 Å². The summed E-state index contributed by atoms with van der Waals surface area (Å²) < 4.78 is 87.6. The first-order valence-corrected chi connectivity index (χ1v) is 11.6. The fourth-order valence-corrected chi connectivity index (χ4v) is 5.38. The quantitative estimate of drug-likeness (QED) is 0.276. The van der Waals surface area contributed by atoms with E-state index in [2.05, 4.69) is 16.1 Å². The Hall–Kier alpha value is -3.53. The third-order valence-corrected chi connectivity index (χ3v) is 7.04. The lowest BCUT2D eigenvalue weighted by molar-refractivity contribution is 0.531. The van der Waals surface area contributed by atoms with Crippen LogP contribution in [-0.2, 0) is 16.9 Å². The van der Waals surface area contributed by atoms with E-state index in [-0.39, 0.29) is 11.3 Å². The Labute approximate surface area is 193 Å². The predicted molar refractivity (Wildman–Crippen MR) is 117 cm³/mol. The van der Waals surface area contributed by atoms with Gasteiger partial charge in [-0.05, 0) is 47.4 Å². The molecule has 0 spiro atoms. The topological polar surface area (TPSA) is 64.8 Å². The Morgan fingerprint density at radius 3 is 2.35 bits per heavy atom. The maximum Gasteiger partial charge on any atom is 0.212 e. The molecule has 2 aromatic carbocycles. The van der Waals surface area contributed by atoms with Crippen LogP contribution < -0.4 is 0 Å². The number of hydrogen-bond donors (Lipinski definition) is 0. The van der Waals surface area contributed by atoms with Crippen molar-refractivity contribution in [2.75, 3.05) is 0 Å². The number of sulfone groups is 1. The highest BCUT2D eigenvalue weighted by Crippen LogP contribution is 2.40. The molecule has 0 bridgehead atoms.